The minimum absolute atomic E-state index is 0.0743. The molecule has 2 heterocycles. The summed E-state index contributed by atoms with van der Waals surface area (Å²) in [6.07, 6.45) is 5.28. The topological polar surface area (TPSA) is 72.3 Å². The average molecular weight is 573 g/mol. The molecule has 0 saturated carbocycles. The molecule has 3 aromatic carbocycles. The first-order valence-corrected chi connectivity index (χ1v) is 14.0. The minimum Gasteiger partial charge on any atom is -0.307 e. The number of piperidine rings is 1. The molecule has 5 rings (SSSR count). The van der Waals surface area contributed by atoms with Crippen molar-refractivity contribution in [2.75, 3.05) is 29.9 Å². The summed E-state index contributed by atoms with van der Waals surface area (Å²) in [4.78, 5) is 21.5. The molecule has 1 saturated heterocycles. The van der Waals surface area contributed by atoms with Gasteiger partial charge in [-0.3, -0.25) is 9.88 Å². The molecule has 6 nitrogen and oxygen atoms in total. The molecule has 1 aliphatic heterocycles. The molecule has 0 atom stereocenters. The van der Waals surface area contributed by atoms with Gasteiger partial charge in [0.25, 0.3) is 0 Å². The van der Waals surface area contributed by atoms with E-state index in [0.29, 0.717) is 21.3 Å². The van der Waals surface area contributed by atoms with E-state index < -0.39 is 0 Å². The fraction of sp³-hybridized carbons (Fsp3) is 0.219. The van der Waals surface area contributed by atoms with Crippen molar-refractivity contribution in [3.8, 4) is 17.2 Å². The van der Waals surface area contributed by atoms with Gasteiger partial charge in [-0.15, -0.1) is 0 Å². The van der Waals surface area contributed by atoms with E-state index >= 15 is 0 Å². The van der Waals surface area contributed by atoms with Crippen LogP contribution in [0.2, 0.25) is 10.0 Å². The highest BCUT2D eigenvalue weighted by Crippen LogP contribution is 2.29. The Balaban J connectivity index is 0.000000546. The maximum absolute atomic E-state index is 13.5. The third-order valence-electron chi connectivity index (χ3n) is 6.74. The second-order valence-electron chi connectivity index (χ2n) is 9.39. The van der Waals surface area contributed by atoms with Gasteiger partial charge in [-0.25, -0.2) is 4.79 Å². The van der Waals surface area contributed by atoms with E-state index in [1.54, 1.807) is 36.7 Å². The van der Waals surface area contributed by atoms with E-state index in [-0.39, 0.29) is 12.1 Å². The number of nitrogens with zero attached hydrogens (tertiary/aromatic N) is 4. The lowest BCUT2D eigenvalue weighted by Crippen LogP contribution is -2.49. The second kappa shape index (κ2) is 14.5. The van der Waals surface area contributed by atoms with E-state index in [1.165, 1.54) is 0 Å². The molecule has 1 aliphatic rings. The van der Waals surface area contributed by atoms with Gasteiger partial charge < -0.3 is 10.2 Å². The molecule has 8 heteroatoms. The highest BCUT2D eigenvalue weighted by molar-refractivity contribution is 6.35. The Morgan fingerprint density at radius 2 is 1.62 bits per heavy atom. The Labute approximate surface area is 245 Å². The zero-order valence-corrected chi connectivity index (χ0v) is 23.8. The maximum Gasteiger partial charge on any atom is 0.326 e. The smallest absolute Gasteiger partial charge is 0.307 e. The van der Waals surface area contributed by atoms with Gasteiger partial charge in [0.1, 0.15) is 0 Å². The van der Waals surface area contributed by atoms with Crippen LogP contribution in [-0.4, -0.2) is 41.6 Å². The van der Waals surface area contributed by atoms with Gasteiger partial charge in [0, 0.05) is 52.9 Å². The van der Waals surface area contributed by atoms with Crippen molar-refractivity contribution < 1.29 is 4.79 Å². The summed E-state index contributed by atoms with van der Waals surface area (Å²) in [6, 6.07) is 28.2. The number of nitrogens with one attached hydrogen (secondary N) is 1. The van der Waals surface area contributed by atoms with E-state index in [4.69, 9.17) is 23.2 Å². The van der Waals surface area contributed by atoms with Crippen LogP contribution < -0.4 is 10.2 Å². The van der Waals surface area contributed by atoms with Gasteiger partial charge >= 0.3 is 6.03 Å². The zero-order valence-electron chi connectivity index (χ0n) is 22.3. The van der Waals surface area contributed by atoms with Crippen LogP contribution in [0, 0.1) is 11.3 Å². The zero-order chi connectivity index (χ0) is 28.3. The number of pyridine rings is 1. The number of amides is 2. The standard InChI is InChI=1S/C27H26Cl2N4O.C5H5N/c1-2-32-12-10-26(11-13-32)33(27(34)31-24-16-22(28)15-23(29)17-24)25-8-6-20(7-9-25)21-5-3-4-19(14-21)18-30;1-2-4-6-5-3-1/h3-9,14-17,26H,2,10-13H2,1H3,(H,31,34);1-5H. The van der Waals surface area contributed by atoms with Crippen molar-refractivity contribution in [1.29, 1.82) is 5.26 Å². The molecule has 1 aromatic heterocycles. The quantitative estimate of drug-likeness (QED) is 0.262. The number of carbonyl (C=O) groups excluding carboxylic acids is 1. The molecule has 0 unspecified atom stereocenters. The normalized spacial score (nSPS) is 13.4. The molecule has 1 N–H and O–H groups in total. The number of likely N-dealkylation sites (tertiary alicyclic amines) is 1. The van der Waals surface area contributed by atoms with E-state index in [9.17, 15) is 10.1 Å². The third-order valence-corrected chi connectivity index (χ3v) is 7.18. The van der Waals surface area contributed by atoms with Gasteiger partial charge in [-0.2, -0.15) is 5.26 Å². The lowest BCUT2D eigenvalue weighted by Gasteiger charge is -2.38. The van der Waals surface area contributed by atoms with Crippen molar-refractivity contribution >= 4 is 40.6 Å². The highest BCUT2D eigenvalue weighted by atomic mass is 35.5. The molecule has 0 aliphatic carbocycles. The van der Waals surface area contributed by atoms with E-state index in [1.807, 2.05) is 65.6 Å². The average Bonchev–Trinajstić information content (AvgIpc) is 2.99. The Bertz CT molecular complexity index is 1390. The molecule has 0 spiro atoms. The van der Waals surface area contributed by atoms with E-state index in [0.717, 1.165) is 49.3 Å². The molecule has 0 radical (unpaired) electrons. The van der Waals surface area contributed by atoms with Crippen LogP contribution in [0.3, 0.4) is 0 Å². The molecular weight excluding hydrogens is 541 g/mol. The summed E-state index contributed by atoms with van der Waals surface area (Å²) in [5.74, 6) is 0. The Morgan fingerprint density at radius 1 is 0.950 bits per heavy atom. The van der Waals surface area contributed by atoms with Crippen LogP contribution in [0.1, 0.15) is 25.3 Å². The fourth-order valence-electron chi connectivity index (χ4n) is 4.69. The number of aromatic nitrogens is 1. The van der Waals surface area contributed by atoms with Gasteiger partial charge in [-0.1, -0.05) is 60.5 Å². The molecule has 2 amide bonds. The number of urea groups is 1. The highest BCUT2D eigenvalue weighted by Gasteiger charge is 2.29. The molecule has 204 valence electrons. The summed E-state index contributed by atoms with van der Waals surface area (Å²) >= 11 is 12.3. The van der Waals surface area contributed by atoms with Crippen molar-refractivity contribution in [3.05, 3.63) is 113 Å². The number of halogens is 2. The Kier molecular flexibility index (Phi) is 10.5. The largest absolute Gasteiger partial charge is 0.326 e. The predicted octanol–water partition coefficient (Wildman–Crippen LogP) is 8.14. The number of rotatable bonds is 5. The molecule has 40 heavy (non-hydrogen) atoms. The number of nitriles is 1. The van der Waals surface area contributed by atoms with Gasteiger partial charge in [-0.05, 0) is 85.1 Å². The van der Waals surface area contributed by atoms with Crippen LogP contribution in [0.15, 0.2) is 97.3 Å². The summed E-state index contributed by atoms with van der Waals surface area (Å²) in [5, 5.41) is 13.1. The van der Waals surface area contributed by atoms with Crippen molar-refractivity contribution in [2.24, 2.45) is 0 Å². The Hall–Kier alpha value is -3.89. The minimum atomic E-state index is -0.215. The summed E-state index contributed by atoms with van der Waals surface area (Å²) in [7, 11) is 0. The van der Waals surface area contributed by atoms with E-state index in [2.05, 4.69) is 28.2 Å². The molecule has 4 aromatic rings. The number of benzene rings is 3. The van der Waals surface area contributed by atoms with Crippen LogP contribution in [0.4, 0.5) is 16.2 Å². The summed E-state index contributed by atoms with van der Waals surface area (Å²) in [5.41, 5.74) is 3.95. The van der Waals surface area contributed by atoms with Crippen molar-refractivity contribution in [3.63, 3.8) is 0 Å². The first-order chi connectivity index (χ1) is 19.5. The second-order valence-corrected chi connectivity index (χ2v) is 10.3. The lowest BCUT2D eigenvalue weighted by molar-refractivity contribution is 0.214. The maximum atomic E-state index is 13.5. The van der Waals surface area contributed by atoms with Gasteiger partial charge in [0.2, 0.25) is 0 Å². The van der Waals surface area contributed by atoms with Gasteiger partial charge in [0.15, 0.2) is 0 Å². The Morgan fingerprint density at radius 3 is 2.17 bits per heavy atom. The fourth-order valence-corrected chi connectivity index (χ4v) is 5.22. The van der Waals surface area contributed by atoms with Crippen molar-refractivity contribution in [1.82, 2.24) is 9.88 Å². The van der Waals surface area contributed by atoms with Crippen LogP contribution in [0.25, 0.3) is 11.1 Å². The molecule has 0 bridgehead atoms. The first kappa shape index (κ1) is 29.1. The molecule has 1 fully saturated rings. The number of hydrogen-bond acceptors (Lipinski definition) is 4. The SMILES string of the molecule is CCN1CCC(N(C(=O)Nc2cc(Cl)cc(Cl)c2)c2ccc(-c3cccc(C#N)c3)cc2)CC1.c1ccncc1. The van der Waals surface area contributed by atoms with Crippen LogP contribution in [0.5, 0.6) is 0 Å². The van der Waals surface area contributed by atoms with Gasteiger partial charge in [0.05, 0.1) is 11.6 Å². The molecular formula is C32H31Cl2N5O. The summed E-state index contributed by atoms with van der Waals surface area (Å²) in [6.45, 7) is 5.07. The predicted molar refractivity (Wildman–Crippen MR) is 164 cm³/mol. The number of anilines is 2. The van der Waals surface area contributed by atoms with Crippen LogP contribution >= 0.6 is 23.2 Å². The monoisotopic (exact) mass is 571 g/mol. The lowest BCUT2D eigenvalue weighted by atomic mass is 10.0. The van der Waals surface area contributed by atoms with Crippen LogP contribution in [-0.2, 0) is 0 Å². The summed E-state index contributed by atoms with van der Waals surface area (Å²) < 4.78 is 0. The number of hydrogen-bond donors (Lipinski definition) is 1. The first-order valence-electron chi connectivity index (χ1n) is 13.2. The third kappa shape index (κ3) is 8.06. The van der Waals surface area contributed by atoms with Crippen molar-refractivity contribution in [2.45, 2.75) is 25.8 Å². The number of carbonyl (C=O) groups is 1.